The molecule has 6 nitrogen and oxygen atoms in total. The van der Waals surface area contributed by atoms with E-state index in [0.717, 1.165) is 0 Å². The van der Waals surface area contributed by atoms with E-state index in [-0.39, 0.29) is 17.7 Å². The molecule has 0 aliphatic carbocycles. The van der Waals surface area contributed by atoms with Crippen molar-refractivity contribution in [2.75, 3.05) is 19.9 Å². The van der Waals surface area contributed by atoms with Crippen LogP contribution in [0.5, 0.6) is 5.75 Å². The topological polar surface area (TPSA) is 93.5 Å². The summed E-state index contributed by atoms with van der Waals surface area (Å²) in [5.41, 5.74) is 6.48. The number of anilines is 1. The maximum absolute atomic E-state index is 12.3. The molecule has 0 heterocycles. The zero-order valence-electron chi connectivity index (χ0n) is 12.9. The van der Waals surface area contributed by atoms with Crippen LogP contribution in [0.25, 0.3) is 0 Å². The molecule has 0 aromatic heterocycles. The Morgan fingerprint density at radius 2 is 2.00 bits per heavy atom. The SMILES string of the molecule is CNC(=O)C(CC(C)C)NC(=O)c1ccc(OC)cc1N. The minimum absolute atomic E-state index is 0.218. The first kappa shape index (κ1) is 16.8. The number of hydrogen-bond donors (Lipinski definition) is 3. The van der Waals surface area contributed by atoms with Crippen LogP contribution in [-0.4, -0.2) is 32.0 Å². The summed E-state index contributed by atoms with van der Waals surface area (Å²) >= 11 is 0. The normalized spacial score (nSPS) is 11.9. The highest BCUT2D eigenvalue weighted by molar-refractivity contribution is 6.01. The molecule has 6 heteroatoms. The lowest BCUT2D eigenvalue weighted by Crippen LogP contribution is -2.46. The predicted octanol–water partition coefficient (Wildman–Crippen LogP) is 1.17. The van der Waals surface area contributed by atoms with E-state index in [0.29, 0.717) is 23.4 Å². The number of hydrogen-bond acceptors (Lipinski definition) is 4. The van der Waals surface area contributed by atoms with Gasteiger partial charge in [-0.05, 0) is 24.5 Å². The van der Waals surface area contributed by atoms with Gasteiger partial charge >= 0.3 is 0 Å². The van der Waals surface area contributed by atoms with Crippen molar-refractivity contribution in [3.8, 4) is 5.75 Å². The third-order valence-electron chi connectivity index (χ3n) is 3.08. The van der Waals surface area contributed by atoms with Crippen molar-refractivity contribution in [3.05, 3.63) is 23.8 Å². The zero-order valence-corrected chi connectivity index (χ0v) is 12.9. The summed E-state index contributed by atoms with van der Waals surface area (Å²) in [6, 6.07) is 4.23. The Kier molecular flexibility index (Phi) is 6.02. The van der Waals surface area contributed by atoms with Crippen LogP contribution in [0.2, 0.25) is 0 Å². The second-order valence-electron chi connectivity index (χ2n) is 5.22. The highest BCUT2D eigenvalue weighted by atomic mass is 16.5. The quantitative estimate of drug-likeness (QED) is 0.686. The Morgan fingerprint density at radius 3 is 2.48 bits per heavy atom. The van der Waals surface area contributed by atoms with Crippen LogP contribution in [0.15, 0.2) is 18.2 Å². The number of rotatable bonds is 6. The van der Waals surface area contributed by atoms with Gasteiger partial charge in [-0.3, -0.25) is 9.59 Å². The maximum atomic E-state index is 12.3. The summed E-state index contributed by atoms with van der Waals surface area (Å²) in [6.45, 7) is 3.98. The molecule has 1 unspecified atom stereocenters. The van der Waals surface area contributed by atoms with Crippen LogP contribution >= 0.6 is 0 Å². The molecule has 116 valence electrons. The summed E-state index contributed by atoms with van der Waals surface area (Å²) in [4.78, 5) is 24.1. The van der Waals surface area contributed by atoms with Gasteiger partial charge in [-0.25, -0.2) is 0 Å². The molecule has 0 radical (unpaired) electrons. The van der Waals surface area contributed by atoms with Gasteiger partial charge in [0, 0.05) is 18.8 Å². The van der Waals surface area contributed by atoms with E-state index < -0.39 is 6.04 Å². The van der Waals surface area contributed by atoms with Crippen LogP contribution in [0.1, 0.15) is 30.6 Å². The van der Waals surface area contributed by atoms with Gasteiger partial charge in [-0.15, -0.1) is 0 Å². The molecular weight excluding hydrogens is 270 g/mol. The summed E-state index contributed by atoms with van der Waals surface area (Å²) in [6.07, 6.45) is 0.557. The van der Waals surface area contributed by atoms with Gasteiger partial charge in [0.05, 0.1) is 12.7 Å². The first-order valence-corrected chi connectivity index (χ1v) is 6.85. The number of nitrogens with one attached hydrogen (secondary N) is 2. The smallest absolute Gasteiger partial charge is 0.254 e. The molecule has 2 amide bonds. The molecule has 1 atom stereocenters. The molecule has 1 aromatic rings. The summed E-state index contributed by atoms with van der Waals surface area (Å²) in [7, 11) is 3.07. The number of nitrogen functional groups attached to an aromatic ring is 1. The Labute approximate surface area is 125 Å². The standard InChI is InChI=1S/C15H23N3O3/c1-9(2)7-13(15(20)17-3)18-14(19)11-6-5-10(21-4)8-12(11)16/h5-6,8-9,13H,7,16H2,1-4H3,(H,17,20)(H,18,19). The molecule has 0 fully saturated rings. The minimum Gasteiger partial charge on any atom is -0.497 e. The van der Waals surface area contributed by atoms with Crippen molar-refractivity contribution in [1.29, 1.82) is 0 Å². The first-order valence-electron chi connectivity index (χ1n) is 6.85. The van der Waals surface area contributed by atoms with Gasteiger partial charge in [0.15, 0.2) is 0 Å². The molecule has 21 heavy (non-hydrogen) atoms. The molecule has 1 rings (SSSR count). The van der Waals surface area contributed by atoms with E-state index in [1.54, 1.807) is 25.2 Å². The second kappa shape index (κ2) is 7.52. The lowest BCUT2D eigenvalue weighted by molar-refractivity contribution is -0.122. The van der Waals surface area contributed by atoms with Gasteiger partial charge in [0.2, 0.25) is 5.91 Å². The van der Waals surface area contributed by atoms with E-state index in [4.69, 9.17) is 10.5 Å². The van der Waals surface area contributed by atoms with Crippen LogP contribution < -0.4 is 21.1 Å². The lowest BCUT2D eigenvalue weighted by Gasteiger charge is -2.19. The van der Waals surface area contributed by atoms with Gasteiger partial charge in [0.1, 0.15) is 11.8 Å². The molecule has 1 aromatic carbocycles. The first-order chi connectivity index (χ1) is 9.88. The van der Waals surface area contributed by atoms with Crippen LogP contribution in [0.4, 0.5) is 5.69 Å². The van der Waals surface area contributed by atoms with Crippen molar-refractivity contribution in [3.63, 3.8) is 0 Å². The molecule has 0 bridgehead atoms. The molecule has 0 saturated heterocycles. The number of likely N-dealkylation sites (N-methyl/N-ethyl adjacent to an activating group) is 1. The largest absolute Gasteiger partial charge is 0.497 e. The highest BCUT2D eigenvalue weighted by Crippen LogP contribution is 2.19. The Balaban J connectivity index is 2.88. The van der Waals surface area contributed by atoms with Crippen molar-refractivity contribution in [2.24, 2.45) is 5.92 Å². The third kappa shape index (κ3) is 4.66. The van der Waals surface area contributed by atoms with Gasteiger partial charge in [0.25, 0.3) is 5.91 Å². The van der Waals surface area contributed by atoms with E-state index in [2.05, 4.69) is 10.6 Å². The Hall–Kier alpha value is -2.24. The number of amides is 2. The summed E-state index contributed by atoms with van der Waals surface area (Å²) in [5.74, 6) is 0.267. The summed E-state index contributed by atoms with van der Waals surface area (Å²) < 4.78 is 5.04. The predicted molar refractivity (Wildman–Crippen MR) is 82.2 cm³/mol. The fourth-order valence-electron chi connectivity index (χ4n) is 1.99. The van der Waals surface area contributed by atoms with Gasteiger partial charge < -0.3 is 21.1 Å². The minimum atomic E-state index is -0.580. The average molecular weight is 293 g/mol. The molecule has 0 saturated carbocycles. The van der Waals surface area contributed by atoms with E-state index >= 15 is 0 Å². The average Bonchev–Trinajstić information content (AvgIpc) is 2.44. The number of carbonyl (C=O) groups is 2. The Bertz CT molecular complexity index is 515. The van der Waals surface area contributed by atoms with Gasteiger partial charge in [-0.2, -0.15) is 0 Å². The van der Waals surface area contributed by atoms with Crippen LogP contribution in [0.3, 0.4) is 0 Å². The molecule has 0 aliphatic heterocycles. The van der Waals surface area contributed by atoms with E-state index in [1.165, 1.54) is 7.11 Å². The maximum Gasteiger partial charge on any atom is 0.254 e. The molecule has 0 aliphatic rings. The fourth-order valence-corrected chi connectivity index (χ4v) is 1.99. The number of carbonyl (C=O) groups excluding carboxylic acids is 2. The molecular formula is C15H23N3O3. The van der Waals surface area contributed by atoms with E-state index in [9.17, 15) is 9.59 Å². The highest BCUT2D eigenvalue weighted by Gasteiger charge is 2.22. The van der Waals surface area contributed by atoms with Crippen molar-refractivity contribution in [1.82, 2.24) is 10.6 Å². The zero-order chi connectivity index (χ0) is 16.0. The number of benzene rings is 1. The third-order valence-corrected chi connectivity index (χ3v) is 3.08. The van der Waals surface area contributed by atoms with Crippen LogP contribution in [-0.2, 0) is 4.79 Å². The number of methoxy groups -OCH3 is 1. The summed E-state index contributed by atoms with van der Waals surface area (Å²) in [5, 5.41) is 5.28. The fraction of sp³-hybridized carbons (Fsp3) is 0.467. The lowest BCUT2D eigenvalue weighted by atomic mass is 10.0. The number of nitrogens with two attached hydrogens (primary N) is 1. The Morgan fingerprint density at radius 1 is 1.33 bits per heavy atom. The van der Waals surface area contributed by atoms with Crippen molar-refractivity contribution in [2.45, 2.75) is 26.3 Å². The number of ether oxygens (including phenoxy) is 1. The molecule has 0 spiro atoms. The monoisotopic (exact) mass is 293 g/mol. The molecule has 4 N–H and O–H groups in total. The van der Waals surface area contributed by atoms with E-state index in [1.807, 2.05) is 13.8 Å². The van der Waals surface area contributed by atoms with Crippen molar-refractivity contribution < 1.29 is 14.3 Å². The van der Waals surface area contributed by atoms with Crippen LogP contribution in [0, 0.1) is 5.92 Å². The second-order valence-corrected chi connectivity index (χ2v) is 5.22. The van der Waals surface area contributed by atoms with Crippen molar-refractivity contribution >= 4 is 17.5 Å². The van der Waals surface area contributed by atoms with Gasteiger partial charge in [-0.1, -0.05) is 13.8 Å².